The van der Waals surface area contributed by atoms with Crippen LogP contribution in [0.2, 0.25) is 0 Å². The fraction of sp³-hybridized carbons (Fsp3) is 0.545. The smallest absolute Gasteiger partial charge is 0.338 e. The van der Waals surface area contributed by atoms with E-state index in [-0.39, 0.29) is 5.56 Å². The molecule has 1 aromatic heterocycles. The first-order valence-corrected chi connectivity index (χ1v) is 5.51. The summed E-state index contributed by atoms with van der Waals surface area (Å²) in [5, 5.41) is 8.73. The van der Waals surface area contributed by atoms with Crippen LogP contribution in [-0.4, -0.2) is 34.1 Å². The first kappa shape index (κ1) is 10.9. The standard InChI is InChI=1S/C11H15N3O2/c1-2-14(7-8-3-4-8)11-12-5-9(6-13-11)10(15)16/h5-6,8H,2-4,7H2,1H3,(H,15,16). The van der Waals surface area contributed by atoms with Crippen LogP contribution in [0.4, 0.5) is 5.95 Å². The minimum Gasteiger partial charge on any atom is -0.478 e. The Morgan fingerprint density at radius 1 is 1.50 bits per heavy atom. The quantitative estimate of drug-likeness (QED) is 0.814. The van der Waals surface area contributed by atoms with Gasteiger partial charge in [0.1, 0.15) is 0 Å². The van der Waals surface area contributed by atoms with Crippen molar-refractivity contribution in [1.29, 1.82) is 0 Å². The van der Waals surface area contributed by atoms with Crippen LogP contribution in [0.15, 0.2) is 12.4 Å². The highest BCUT2D eigenvalue weighted by Crippen LogP contribution is 2.30. The van der Waals surface area contributed by atoms with E-state index in [0.717, 1.165) is 19.0 Å². The molecule has 0 aliphatic heterocycles. The van der Waals surface area contributed by atoms with Crippen molar-refractivity contribution in [1.82, 2.24) is 9.97 Å². The number of carboxylic acid groups (broad SMARTS) is 1. The van der Waals surface area contributed by atoms with Gasteiger partial charge in [0.15, 0.2) is 0 Å². The van der Waals surface area contributed by atoms with Crippen LogP contribution in [-0.2, 0) is 0 Å². The summed E-state index contributed by atoms with van der Waals surface area (Å²) < 4.78 is 0. The highest BCUT2D eigenvalue weighted by atomic mass is 16.4. The molecule has 0 spiro atoms. The minimum atomic E-state index is -0.989. The Balaban J connectivity index is 2.08. The van der Waals surface area contributed by atoms with Crippen LogP contribution < -0.4 is 4.90 Å². The van der Waals surface area contributed by atoms with Crippen LogP contribution in [0.1, 0.15) is 30.1 Å². The average molecular weight is 221 g/mol. The number of aromatic nitrogens is 2. The number of hydrogen-bond acceptors (Lipinski definition) is 4. The van der Waals surface area contributed by atoms with Crippen molar-refractivity contribution in [3.8, 4) is 0 Å². The van der Waals surface area contributed by atoms with Gasteiger partial charge in [-0.1, -0.05) is 0 Å². The molecule has 1 saturated carbocycles. The van der Waals surface area contributed by atoms with Crippen molar-refractivity contribution < 1.29 is 9.90 Å². The van der Waals surface area contributed by atoms with Gasteiger partial charge < -0.3 is 10.0 Å². The van der Waals surface area contributed by atoms with Crippen LogP contribution >= 0.6 is 0 Å². The Kier molecular flexibility index (Phi) is 3.03. The molecule has 2 rings (SSSR count). The first-order chi connectivity index (χ1) is 7.70. The zero-order valence-electron chi connectivity index (χ0n) is 9.26. The lowest BCUT2D eigenvalue weighted by Crippen LogP contribution is -2.27. The molecule has 5 heteroatoms. The molecule has 0 radical (unpaired) electrons. The summed E-state index contributed by atoms with van der Waals surface area (Å²) in [6, 6.07) is 0. The number of nitrogens with zero attached hydrogens (tertiary/aromatic N) is 3. The molecule has 86 valence electrons. The topological polar surface area (TPSA) is 66.3 Å². The number of hydrogen-bond donors (Lipinski definition) is 1. The molecule has 5 nitrogen and oxygen atoms in total. The third-order valence-electron chi connectivity index (χ3n) is 2.73. The van der Waals surface area contributed by atoms with Crippen LogP contribution in [0.5, 0.6) is 0 Å². The molecule has 1 N–H and O–H groups in total. The van der Waals surface area contributed by atoms with Gasteiger partial charge in [-0.3, -0.25) is 0 Å². The lowest BCUT2D eigenvalue weighted by Gasteiger charge is -2.20. The van der Waals surface area contributed by atoms with Crippen molar-refractivity contribution in [2.24, 2.45) is 5.92 Å². The Morgan fingerprint density at radius 2 is 2.12 bits per heavy atom. The van der Waals surface area contributed by atoms with Crippen LogP contribution in [0.25, 0.3) is 0 Å². The number of carboxylic acids is 1. The number of aromatic carboxylic acids is 1. The van der Waals surface area contributed by atoms with Crippen molar-refractivity contribution in [2.75, 3.05) is 18.0 Å². The van der Waals surface area contributed by atoms with Gasteiger partial charge in [0, 0.05) is 25.5 Å². The van der Waals surface area contributed by atoms with Gasteiger partial charge >= 0.3 is 5.97 Å². The zero-order valence-corrected chi connectivity index (χ0v) is 9.26. The normalized spacial score (nSPS) is 14.8. The molecule has 16 heavy (non-hydrogen) atoms. The highest BCUT2D eigenvalue weighted by Gasteiger charge is 2.24. The summed E-state index contributed by atoms with van der Waals surface area (Å²) >= 11 is 0. The van der Waals surface area contributed by atoms with Gasteiger partial charge in [0.2, 0.25) is 5.95 Å². The van der Waals surface area contributed by atoms with E-state index < -0.39 is 5.97 Å². The fourth-order valence-corrected chi connectivity index (χ4v) is 1.56. The highest BCUT2D eigenvalue weighted by molar-refractivity contribution is 5.86. The zero-order chi connectivity index (χ0) is 11.5. The summed E-state index contributed by atoms with van der Waals surface area (Å²) in [5.41, 5.74) is 0.131. The van der Waals surface area contributed by atoms with Gasteiger partial charge in [0.05, 0.1) is 5.56 Å². The molecule has 0 aromatic carbocycles. The molecule has 0 amide bonds. The molecule has 1 aromatic rings. The van der Waals surface area contributed by atoms with E-state index in [9.17, 15) is 4.79 Å². The van der Waals surface area contributed by atoms with Crippen molar-refractivity contribution in [2.45, 2.75) is 19.8 Å². The molecule has 1 fully saturated rings. The second-order valence-electron chi connectivity index (χ2n) is 4.06. The Labute approximate surface area is 94.1 Å². The van der Waals surface area contributed by atoms with E-state index in [1.807, 2.05) is 0 Å². The molecular formula is C11H15N3O2. The van der Waals surface area contributed by atoms with Crippen molar-refractivity contribution >= 4 is 11.9 Å². The van der Waals surface area contributed by atoms with Crippen molar-refractivity contribution in [3.05, 3.63) is 18.0 Å². The van der Waals surface area contributed by atoms with E-state index in [1.165, 1.54) is 25.2 Å². The maximum absolute atomic E-state index is 10.6. The van der Waals surface area contributed by atoms with Crippen LogP contribution in [0.3, 0.4) is 0 Å². The van der Waals surface area contributed by atoms with Gasteiger partial charge in [-0.25, -0.2) is 14.8 Å². The number of anilines is 1. The van der Waals surface area contributed by atoms with E-state index >= 15 is 0 Å². The third-order valence-corrected chi connectivity index (χ3v) is 2.73. The first-order valence-electron chi connectivity index (χ1n) is 5.51. The summed E-state index contributed by atoms with van der Waals surface area (Å²) in [6.45, 7) is 3.88. The van der Waals surface area contributed by atoms with E-state index in [4.69, 9.17) is 5.11 Å². The lowest BCUT2D eigenvalue weighted by atomic mass is 10.3. The Bertz CT molecular complexity index is 373. The largest absolute Gasteiger partial charge is 0.478 e. The van der Waals surface area contributed by atoms with Gasteiger partial charge in [-0.15, -0.1) is 0 Å². The minimum absolute atomic E-state index is 0.131. The molecule has 1 heterocycles. The SMILES string of the molecule is CCN(CC1CC1)c1ncc(C(=O)O)cn1. The van der Waals surface area contributed by atoms with E-state index in [1.54, 1.807) is 0 Å². The maximum Gasteiger partial charge on any atom is 0.338 e. The lowest BCUT2D eigenvalue weighted by molar-refractivity contribution is 0.0696. The number of rotatable bonds is 5. The summed E-state index contributed by atoms with van der Waals surface area (Å²) in [6.07, 6.45) is 5.29. The van der Waals surface area contributed by atoms with E-state index in [0.29, 0.717) is 5.95 Å². The molecule has 0 unspecified atom stereocenters. The predicted octanol–water partition coefficient (Wildman–Crippen LogP) is 1.41. The second kappa shape index (κ2) is 4.47. The van der Waals surface area contributed by atoms with Gasteiger partial charge in [-0.2, -0.15) is 0 Å². The summed E-state index contributed by atoms with van der Waals surface area (Å²) in [5.74, 6) is 0.402. The van der Waals surface area contributed by atoms with Gasteiger partial charge in [0.25, 0.3) is 0 Å². The predicted molar refractivity (Wildman–Crippen MR) is 59.6 cm³/mol. The molecule has 1 aliphatic rings. The van der Waals surface area contributed by atoms with Crippen molar-refractivity contribution in [3.63, 3.8) is 0 Å². The second-order valence-corrected chi connectivity index (χ2v) is 4.06. The van der Waals surface area contributed by atoms with E-state index in [2.05, 4.69) is 21.8 Å². The Morgan fingerprint density at radius 3 is 2.56 bits per heavy atom. The molecule has 1 aliphatic carbocycles. The molecule has 0 atom stereocenters. The fourth-order valence-electron chi connectivity index (χ4n) is 1.56. The number of carbonyl (C=O) groups is 1. The Hall–Kier alpha value is -1.65. The van der Waals surface area contributed by atoms with Gasteiger partial charge in [-0.05, 0) is 25.7 Å². The average Bonchev–Trinajstić information content (AvgIpc) is 3.10. The monoisotopic (exact) mass is 221 g/mol. The maximum atomic E-state index is 10.6. The molecular weight excluding hydrogens is 206 g/mol. The molecule has 0 bridgehead atoms. The van der Waals surface area contributed by atoms with Crippen LogP contribution in [0, 0.1) is 5.92 Å². The molecule has 0 saturated heterocycles. The summed E-state index contributed by atoms with van der Waals surface area (Å²) in [4.78, 5) is 20.9. The third kappa shape index (κ3) is 2.48. The summed E-state index contributed by atoms with van der Waals surface area (Å²) in [7, 11) is 0.